The predicted octanol–water partition coefficient (Wildman–Crippen LogP) is 3.36. The average molecular weight is 307 g/mol. The fraction of sp³-hybridized carbons (Fsp3) is 0.588. The van der Waals surface area contributed by atoms with Crippen molar-refractivity contribution >= 4 is 17.7 Å². The lowest BCUT2D eigenvalue weighted by atomic mass is 9.94. The van der Waals surface area contributed by atoms with Gasteiger partial charge in [-0.1, -0.05) is 37.8 Å². The molecule has 116 valence electrons. The largest absolute Gasteiger partial charge is 0.388 e. The van der Waals surface area contributed by atoms with Gasteiger partial charge in [0.2, 0.25) is 0 Å². The average Bonchev–Trinajstić information content (AvgIpc) is 2.71. The number of carbonyl (C=O) groups is 1. The molecule has 1 amide bonds. The summed E-state index contributed by atoms with van der Waals surface area (Å²) < 4.78 is 0. The van der Waals surface area contributed by atoms with Gasteiger partial charge in [-0.15, -0.1) is 0 Å². The van der Waals surface area contributed by atoms with Gasteiger partial charge in [0.15, 0.2) is 0 Å². The maximum atomic E-state index is 12.2. The molecular formula is C17H25NO2S. The molecule has 0 atom stereocenters. The van der Waals surface area contributed by atoms with Crippen molar-refractivity contribution in [2.24, 2.45) is 0 Å². The lowest BCUT2D eigenvalue weighted by molar-refractivity contribution is 0.0246. The fourth-order valence-corrected chi connectivity index (χ4v) is 3.39. The van der Waals surface area contributed by atoms with Gasteiger partial charge in [-0.2, -0.15) is 11.8 Å². The van der Waals surface area contributed by atoms with E-state index in [4.69, 9.17) is 0 Å². The quantitative estimate of drug-likeness (QED) is 0.820. The zero-order chi connectivity index (χ0) is 15.1. The summed E-state index contributed by atoms with van der Waals surface area (Å²) in [5.41, 5.74) is 1.12. The molecule has 1 aromatic carbocycles. The lowest BCUT2D eigenvalue weighted by Gasteiger charge is -2.26. The maximum Gasteiger partial charge on any atom is 0.251 e. The Balaban J connectivity index is 1.93. The van der Waals surface area contributed by atoms with Gasteiger partial charge in [0, 0.05) is 17.9 Å². The number of aliphatic hydroxyl groups is 1. The summed E-state index contributed by atoms with van der Waals surface area (Å²) in [7, 11) is 0. The maximum absolute atomic E-state index is 12.2. The zero-order valence-electron chi connectivity index (χ0n) is 12.7. The zero-order valence-corrected chi connectivity index (χ0v) is 13.5. The fourth-order valence-electron chi connectivity index (χ4n) is 2.88. The van der Waals surface area contributed by atoms with E-state index in [9.17, 15) is 9.90 Å². The number of hydrogen-bond acceptors (Lipinski definition) is 3. The van der Waals surface area contributed by atoms with Crippen LogP contribution in [0.1, 0.15) is 54.4 Å². The van der Waals surface area contributed by atoms with E-state index in [-0.39, 0.29) is 5.91 Å². The Kier molecular flexibility index (Phi) is 6.12. The summed E-state index contributed by atoms with van der Waals surface area (Å²) >= 11 is 1.74. The summed E-state index contributed by atoms with van der Waals surface area (Å²) in [4.78, 5) is 12.2. The highest BCUT2D eigenvalue weighted by atomic mass is 32.2. The van der Waals surface area contributed by atoms with Gasteiger partial charge >= 0.3 is 0 Å². The molecule has 0 radical (unpaired) electrons. The van der Waals surface area contributed by atoms with Crippen LogP contribution in [0.5, 0.6) is 0 Å². The second-order valence-electron chi connectivity index (χ2n) is 5.95. The van der Waals surface area contributed by atoms with E-state index >= 15 is 0 Å². The van der Waals surface area contributed by atoms with Crippen LogP contribution in [0.3, 0.4) is 0 Å². The molecule has 21 heavy (non-hydrogen) atoms. The lowest BCUT2D eigenvalue weighted by Crippen LogP contribution is -2.42. The summed E-state index contributed by atoms with van der Waals surface area (Å²) in [6.07, 6.45) is 8.11. The van der Waals surface area contributed by atoms with Crippen molar-refractivity contribution in [3.05, 3.63) is 35.4 Å². The number of hydrogen-bond donors (Lipinski definition) is 2. The second-order valence-corrected chi connectivity index (χ2v) is 6.82. The molecule has 1 fully saturated rings. The molecule has 1 aromatic rings. The van der Waals surface area contributed by atoms with Gasteiger partial charge in [0.25, 0.3) is 5.91 Å². The number of thioether (sulfide) groups is 1. The van der Waals surface area contributed by atoms with Gasteiger partial charge in [-0.25, -0.2) is 0 Å². The highest BCUT2D eigenvalue weighted by Gasteiger charge is 2.28. The van der Waals surface area contributed by atoms with Gasteiger partial charge in [-0.3, -0.25) is 4.79 Å². The Bertz CT molecular complexity index is 468. The minimum atomic E-state index is -0.719. The second kappa shape index (κ2) is 7.85. The Hall–Kier alpha value is -1.00. The van der Waals surface area contributed by atoms with Crippen molar-refractivity contribution in [2.75, 3.05) is 12.8 Å². The van der Waals surface area contributed by atoms with Crippen LogP contribution in [0.25, 0.3) is 0 Å². The number of benzene rings is 1. The van der Waals surface area contributed by atoms with Crippen LogP contribution in [0.4, 0.5) is 0 Å². The molecule has 0 aliphatic heterocycles. The summed E-state index contributed by atoms with van der Waals surface area (Å²) in [5, 5.41) is 13.5. The molecular weight excluding hydrogens is 282 g/mol. The van der Waals surface area contributed by atoms with E-state index in [0.717, 1.165) is 37.0 Å². The first kappa shape index (κ1) is 16.4. The number of nitrogens with one attached hydrogen (secondary N) is 1. The summed E-state index contributed by atoms with van der Waals surface area (Å²) in [5.74, 6) is 0.820. The van der Waals surface area contributed by atoms with Crippen molar-refractivity contribution < 1.29 is 9.90 Å². The third-order valence-corrected chi connectivity index (χ3v) is 4.73. The van der Waals surface area contributed by atoms with E-state index in [1.165, 1.54) is 12.8 Å². The van der Waals surface area contributed by atoms with Crippen LogP contribution in [-0.4, -0.2) is 29.4 Å². The van der Waals surface area contributed by atoms with Crippen LogP contribution >= 0.6 is 11.8 Å². The van der Waals surface area contributed by atoms with Gasteiger partial charge in [-0.05, 0) is 36.8 Å². The molecule has 1 aliphatic rings. The normalized spacial score (nSPS) is 18.0. The van der Waals surface area contributed by atoms with E-state index in [2.05, 4.69) is 5.32 Å². The Morgan fingerprint density at radius 1 is 1.29 bits per heavy atom. The Labute approximate surface area is 131 Å². The first-order valence-corrected chi connectivity index (χ1v) is 9.11. The van der Waals surface area contributed by atoms with Crippen molar-refractivity contribution in [3.63, 3.8) is 0 Å². The molecule has 4 heteroatoms. The third kappa shape index (κ3) is 5.04. The topological polar surface area (TPSA) is 49.3 Å². The molecule has 2 rings (SSSR count). The van der Waals surface area contributed by atoms with E-state index in [1.807, 2.05) is 30.5 Å². The van der Waals surface area contributed by atoms with Crippen molar-refractivity contribution in [1.82, 2.24) is 5.32 Å². The SMILES string of the molecule is CSCc1cccc(C(=O)NCC2(O)CCCCCC2)c1. The van der Waals surface area contributed by atoms with Crippen LogP contribution in [0.15, 0.2) is 24.3 Å². The van der Waals surface area contributed by atoms with Crippen LogP contribution in [0, 0.1) is 0 Å². The number of carbonyl (C=O) groups excluding carboxylic acids is 1. The first-order chi connectivity index (χ1) is 10.1. The highest BCUT2D eigenvalue weighted by molar-refractivity contribution is 7.97. The molecule has 0 spiro atoms. The van der Waals surface area contributed by atoms with Crippen molar-refractivity contribution in [2.45, 2.75) is 49.9 Å². The minimum Gasteiger partial charge on any atom is -0.388 e. The van der Waals surface area contributed by atoms with Gasteiger partial charge in [0.1, 0.15) is 0 Å². The number of amides is 1. The smallest absolute Gasteiger partial charge is 0.251 e. The monoisotopic (exact) mass is 307 g/mol. The standard InChI is InChI=1S/C17H25NO2S/c1-21-12-14-7-6-8-15(11-14)16(19)18-13-17(20)9-4-2-3-5-10-17/h6-8,11,20H,2-5,9-10,12-13H2,1H3,(H,18,19). The Morgan fingerprint density at radius 2 is 2.00 bits per heavy atom. The molecule has 2 N–H and O–H groups in total. The van der Waals surface area contributed by atoms with Crippen molar-refractivity contribution in [3.8, 4) is 0 Å². The van der Waals surface area contributed by atoms with E-state index in [1.54, 1.807) is 11.8 Å². The van der Waals surface area contributed by atoms with Crippen LogP contribution in [0.2, 0.25) is 0 Å². The molecule has 1 saturated carbocycles. The molecule has 0 bridgehead atoms. The summed E-state index contributed by atoms with van der Waals surface area (Å²) in [6, 6.07) is 7.71. The van der Waals surface area contributed by atoms with E-state index in [0.29, 0.717) is 12.1 Å². The van der Waals surface area contributed by atoms with E-state index < -0.39 is 5.60 Å². The molecule has 0 unspecified atom stereocenters. The minimum absolute atomic E-state index is 0.0874. The van der Waals surface area contributed by atoms with Gasteiger partial charge < -0.3 is 10.4 Å². The Morgan fingerprint density at radius 3 is 2.67 bits per heavy atom. The molecule has 1 aliphatic carbocycles. The highest BCUT2D eigenvalue weighted by Crippen LogP contribution is 2.26. The summed E-state index contributed by atoms with van der Waals surface area (Å²) in [6.45, 7) is 0.360. The van der Waals surface area contributed by atoms with Gasteiger partial charge in [0.05, 0.1) is 5.60 Å². The molecule has 0 saturated heterocycles. The molecule has 3 nitrogen and oxygen atoms in total. The van der Waals surface area contributed by atoms with Crippen LogP contribution in [-0.2, 0) is 5.75 Å². The first-order valence-electron chi connectivity index (χ1n) is 7.71. The number of rotatable bonds is 5. The predicted molar refractivity (Wildman–Crippen MR) is 88.6 cm³/mol. The molecule has 0 aromatic heterocycles. The third-order valence-electron chi connectivity index (χ3n) is 4.11. The molecule has 0 heterocycles. The van der Waals surface area contributed by atoms with Crippen molar-refractivity contribution in [1.29, 1.82) is 0 Å². The van der Waals surface area contributed by atoms with Crippen LogP contribution < -0.4 is 5.32 Å².